The third-order valence-electron chi connectivity index (χ3n) is 2.82. The van der Waals surface area contributed by atoms with Crippen LogP contribution in [-0.4, -0.2) is 34.7 Å². The van der Waals surface area contributed by atoms with Crippen LogP contribution in [0.25, 0.3) is 0 Å². The minimum atomic E-state index is -0.355. The third kappa shape index (κ3) is 4.08. The van der Waals surface area contributed by atoms with E-state index in [1.807, 2.05) is 18.7 Å². The average Bonchev–Trinajstić information content (AvgIpc) is 2.45. The molecule has 0 aliphatic rings. The van der Waals surface area contributed by atoms with E-state index in [1.54, 1.807) is 7.11 Å². The van der Waals surface area contributed by atoms with Crippen LogP contribution in [0.3, 0.4) is 0 Å². The first-order valence-corrected chi connectivity index (χ1v) is 6.60. The second-order valence-corrected chi connectivity index (χ2v) is 5.42. The van der Waals surface area contributed by atoms with Gasteiger partial charge >= 0.3 is 0 Å². The number of hydrogen-bond donors (Lipinski definition) is 1. The number of rotatable bonds is 6. The molecule has 0 aliphatic carbocycles. The molecule has 2 unspecified atom stereocenters. The number of nitrogens with zero attached hydrogens (tertiary/aromatic N) is 2. The summed E-state index contributed by atoms with van der Waals surface area (Å²) in [4.78, 5) is 0. The highest BCUT2D eigenvalue weighted by Crippen LogP contribution is 2.22. The Morgan fingerprint density at radius 2 is 2.18 bits per heavy atom. The Labute approximate surface area is 111 Å². The molecule has 1 aromatic heterocycles. The number of halogens is 1. The van der Waals surface area contributed by atoms with E-state index in [1.165, 1.54) is 0 Å². The first-order chi connectivity index (χ1) is 7.95. The van der Waals surface area contributed by atoms with E-state index in [4.69, 9.17) is 4.74 Å². The molecule has 0 saturated heterocycles. The highest BCUT2D eigenvalue weighted by Gasteiger charge is 2.17. The number of aliphatic hydroxyl groups excluding tert-OH is 1. The van der Waals surface area contributed by atoms with Crippen molar-refractivity contribution in [2.24, 2.45) is 13.0 Å². The molecule has 2 atom stereocenters. The van der Waals surface area contributed by atoms with Gasteiger partial charge in [0.1, 0.15) is 0 Å². The highest BCUT2D eigenvalue weighted by atomic mass is 79.9. The van der Waals surface area contributed by atoms with Gasteiger partial charge in [0.2, 0.25) is 0 Å². The van der Waals surface area contributed by atoms with Gasteiger partial charge < -0.3 is 9.84 Å². The second-order valence-electron chi connectivity index (χ2n) is 4.62. The Kier molecular flexibility index (Phi) is 5.62. The van der Waals surface area contributed by atoms with Gasteiger partial charge in [0.25, 0.3) is 0 Å². The van der Waals surface area contributed by atoms with Crippen molar-refractivity contribution in [1.82, 2.24) is 9.78 Å². The maximum atomic E-state index is 10.0. The summed E-state index contributed by atoms with van der Waals surface area (Å²) in [6.45, 7) is 4.71. The smallest absolute Gasteiger partial charge is 0.0738 e. The molecule has 5 heteroatoms. The Morgan fingerprint density at radius 3 is 2.65 bits per heavy atom. The molecular weight excluding hydrogens is 284 g/mol. The molecular formula is C12H21BrN2O2. The highest BCUT2D eigenvalue weighted by molar-refractivity contribution is 9.10. The molecule has 1 aromatic rings. The number of ether oxygens (including phenoxy) is 1. The summed E-state index contributed by atoms with van der Waals surface area (Å²) in [6, 6.07) is 0. The lowest BCUT2D eigenvalue weighted by Gasteiger charge is -2.16. The van der Waals surface area contributed by atoms with Gasteiger partial charge in [0.05, 0.1) is 22.0 Å². The standard InChI is InChI=1S/C12H21BrN2O2/c1-8(7-17-4)5-10(16)6-11-12(13)9(2)14-15(11)3/h8,10,16H,5-7H2,1-4H3. The quantitative estimate of drug-likeness (QED) is 0.875. The molecule has 0 radical (unpaired) electrons. The van der Waals surface area contributed by atoms with Crippen molar-refractivity contribution in [3.05, 3.63) is 15.9 Å². The predicted molar refractivity (Wildman–Crippen MR) is 71.0 cm³/mol. The summed E-state index contributed by atoms with van der Waals surface area (Å²) in [7, 11) is 3.59. The van der Waals surface area contributed by atoms with E-state index < -0.39 is 0 Å². The second kappa shape index (κ2) is 6.52. The molecule has 1 N–H and O–H groups in total. The summed E-state index contributed by atoms with van der Waals surface area (Å²) in [5, 5.41) is 14.4. The van der Waals surface area contributed by atoms with E-state index >= 15 is 0 Å². The Balaban J connectivity index is 2.58. The van der Waals surface area contributed by atoms with Gasteiger partial charge in [-0.1, -0.05) is 6.92 Å². The monoisotopic (exact) mass is 304 g/mol. The molecule has 0 aliphatic heterocycles. The zero-order valence-electron chi connectivity index (χ0n) is 10.9. The van der Waals surface area contributed by atoms with Gasteiger partial charge in [-0.25, -0.2) is 0 Å². The maximum absolute atomic E-state index is 10.0. The van der Waals surface area contributed by atoms with E-state index in [-0.39, 0.29) is 6.10 Å². The van der Waals surface area contributed by atoms with Crippen molar-refractivity contribution < 1.29 is 9.84 Å². The van der Waals surface area contributed by atoms with Crippen molar-refractivity contribution >= 4 is 15.9 Å². The van der Waals surface area contributed by atoms with Crippen LogP contribution in [-0.2, 0) is 18.2 Å². The molecule has 4 nitrogen and oxygen atoms in total. The largest absolute Gasteiger partial charge is 0.393 e. The van der Waals surface area contributed by atoms with E-state index in [0.717, 1.165) is 22.3 Å². The topological polar surface area (TPSA) is 47.3 Å². The van der Waals surface area contributed by atoms with E-state index in [0.29, 0.717) is 18.9 Å². The lowest BCUT2D eigenvalue weighted by molar-refractivity contribution is 0.100. The summed E-state index contributed by atoms with van der Waals surface area (Å²) in [6.07, 6.45) is 1.00. The molecule has 0 fully saturated rings. The van der Waals surface area contributed by atoms with Crippen LogP contribution in [0.4, 0.5) is 0 Å². The molecule has 1 heterocycles. The number of aryl methyl sites for hydroxylation is 2. The van der Waals surface area contributed by atoms with E-state index in [2.05, 4.69) is 28.0 Å². The Morgan fingerprint density at radius 1 is 1.53 bits per heavy atom. The molecule has 0 spiro atoms. The van der Waals surface area contributed by atoms with E-state index in [9.17, 15) is 5.11 Å². The van der Waals surface area contributed by atoms with Crippen LogP contribution in [0.1, 0.15) is 24.7 Å². The van der Waals surface area contributed by atoms with Crippen molar-refractivity contribution in [2.45, 2.75) is 32.8 Å². The van der Waals surface area contributed by atoms with Crippen LogP contribution >= 0.6 is 15.9 Å². The third-order valence-corrected chi connectivity index (χ3v) is 3.85. The van der Waals surface area contributed by atoms with Crippen LogP contribution in [0, 0.1) is 12.8 Å². The molecule has 1 rings (SSSR count). The number of aromatic nitrogens is 2. The van der Waals surface area contributed by atoms with Crippen LogP contribution < -0.4 is 0 Å². The zero-order chi connectivity index (χ0) is 13.0. The average molecular weight is 305 g/mol. The van der Waals surface area contributed by atoms with Gasteiger partial charge in [-0.15, -0.1) is 0 Å². The van der Waals surface area contributed by atoms with Crippen molar-refractivity contribution in [3.8, 4) is 0 Å². The first-order valence-electron chi connectivity index (χ1n) is 5.80. The zero-order valence-corrected chi connectivity index (χ0v) is 12.5. The van der Waals surface area contributed by atoms with Crippen molar-refractivity contribution in [2.75, 3.05) is 13.7 Å². The maximum Gasteiger partial charge on any atom is 0.0738 e. The van der Waals surface area contributed by atoms with Crippen LogP contribution in [0.15, 0.2) is 4.47 Å². The SMILES string of the molecule is COCC(C)CC(O)Cc1c(Br)c(C)nn1C. The molecule has 0 saturated carbocycles. The lowest BCUT2D eigenvalue weighted by Crippen LogP contribution is -2.19. The number of hydrogen-bond acceptors (Lipinski definition) is 3. The minimum absolute atomic E-state index is 0.355. The molecule has 0 amide bonds. The van der Waals surface area contributed by atoms with Gasteiger partial charge in [-0.2, -0.15) is 5.10 Å². The molecule has 0 bridgehead atoms. The van der Waals surface area contributed by atoms with Crippen LogP contribution in [0.5, 0.6) is 0 Å². The van der Waals surface area contributed by atoms with Crippen molar-refractivity contribution in [3.63, 3.8) is 0 Å². The molecule has 0 aromatic carbocycles. The normalized spacial score (nSPS) is 14.9. The predicted octanol–water partition coefficient (Wildman–Crippen LogP) is 2.07. The van der Waals surface area contributed by atoms with Gasteiger partial charge in [-0.3, -0.25) is 4.68 Å². The van der Waals surface area contributed by atoms with Gasteiger partial charge in [-0.05, 0) is 35.2 Å². The Bertz CT molecular complexity index is 366. The fraction of sp³-hybridized carbons (Fsp3) is 0.750. The summed E-state index contributed by atoms with van der Waals surface area (Å²) in [5.74, 6) is 0.364. The first kappa shape index (κ1) is 14.7. The fourth-order valence-electron chi connectivity index (χ4n) is 2.03. The number of methoxy groups -OCH3 is 1. The molecule has 98 valence electrons. The van der Waals surface area contributed by atoms with Crippen LogP contribution in [0.2, 0.25) is 0 Å². The summed E-state index contributed by atoms with van der Waals surface area (Å²) < 4.78 is 7.89. The summed E-state index contributed by atoms with van der Waals surface area (Å²) in [5.41, 5.74) is 2.00. The fourth-order valence-corrected chi connectivity index (χ4v) is 2.52. The minimum Gasteiger partial charge on any atom is -0.393 e. The number of aliphatic hydroxyl groups is 1. The summed E-state index contributed by atoms with van der Waals surface area (Å²) >= 11 is 3.51. The van der Waals surface area contributed by atoms with Gasteiger partial charge in [0.15, 0.2) is 0 Å². The Hall–Kier alpha value is -0.390. The lowest BCUT2D eigenvalue weighted by atomic mass is 10.0. The van der Waals surface area contributed by atoms with Crippen molar-refractivity contribution in [1.29, 1.82) is 0 Å². The van der Waals surface area contributed by atoms with Gasteiger partial charge in [0, 0.05) is 27.2 Å². The molecule has 17 heavy (non-hydrogen) atoms.